The maximum Gasteiger partial charge on any atom is 0.214 e. The molecule has 2 rings (SSSR count). The zero-order chi connectivity index (χ0) is 11.6. The summed E-state index contributed by atoms with van der Waals surface area (Å²) in [7, 11) is -2.97. The van der Waals surface area contributed by atoms with Crippen LogP contribution in [0.15, 0.2) is 0 Å². The average molecular weight is 247 g/mol. The van der Waals surface area contributed by atoms with Crippen LogP contribution in [0.5, 0.6) is 0 Å². The minimum absolute atomic E-state index is 0.207. The standard InChI is InChI=1S/C11H21NO3S/c13-9-11-5-2-1-4-10(11)8-12-6-3-7-16(12,14)15/h10-11,13H,1-9H2. The van der Waals surface area contributed by atoms with Crippen molar-refractivity contribution in [3.8, 4) is 0 Å². The van der Waals surface area contributed by atoms with Gasteiger partial charge in [0.15, 0.2) is 0 Å². The number of rotatable bonds is 3. The smallest absolute Gasteiger partial charge is 0.214 e. The molecule has 2 atom stereocenters. The Morgan fingerprint density at radius 3 is 2.38 bits per heavy atom. The van der Waals surface area contributed by atoms with Crippen LogP contribution in [0.4, 0.5) is 0 Å². The fourth-order valence-corrected chi connectivity index (χ4v) is 4.50. The summed E-state index contributed by atoms with van der Waals surface area (Å²) in [6.07, 6.45) is 5.23. The van der Waals surface area contributed by atoms with E-state index in [0.29, 0.717) is 30.7 Å². The van der Waals surface area contributed by atoms with Gasteiger partial charge in [0.1, 0.15) is 0 Å². The first-order valence-corrected chi connectivity index (χ1v) is 7.83. The molecule has 1 heterocycles. The summed E-state index contributed by atoms with van der Waals surface area (Å²) in [6, 6.07) is 0. The monoisotopic (exact) mass is 247 g/mol. The number of hydrogen-bond donors (Lipinski definition) is 1. The summed E-state index contributed by atoms with van der Waals surface area (Å²) in [6.45, 7) is 1.52. The van der Waals surface area contributed by atoms with Gasteiger partial charge in [0.05, 0.1) is 5.75 Å². The molecule has 0 spiro atoms. The van der Waals surface area contributed by atoms with Crippen molar-refractivity contribution in [1.82, 2.24) is 4.31 Å². The van der Waals surface area contributed by atoms with E-state index >= 15 is 0 Å². The van der Waals surface area contributed by atoms with Crippen molar-refractivity contribution in [1.29, 1.82) is 0 Å². The summed E-state index contributed by atoms with van der Waals surface area (Å²) in [4.78, 5) is 0. The molecule has 1 aliphatic carbocycles. The van der Waals surface area contributed by atoms with Gasteiger partial charge in [-0.15, -0.1) is 0 Å². The molecule has 1 saturated heterocycles. The second-order valence-corrected chi connectivity index (χ2v) is 7.10. The van der Waals surface area contributed by atoms with Crippen LogP contribution in [0.3, 0.4) is 0 Å². The van der Waals surface area contributed by atoms with Crippen LogP contribution in [-0.2, 0) is 10.0 Å². The number of hydrogen-bond acceptors (Lipinski definition) is 3. The summed E-state index contributed by atoms with van der Waals surface area (Å²) < 4.78 is 25.0. The molecule has 0 bridgehead atoms. The topological polar surface area (TPSA) is 57.6 Å². The van der Waals surface area contributed by atoms with Gasteiger partial charge in [-0.1, -0.05) is 12.8 Å². The van der Waals surface area contributed by atoms with Gasteiger partial charge in [-0.05, 0) is 31.1 Å². The predicted octanol–water partition coefficient (Wildman–Crippen LogP) is 0.821. The Balaban J connectivity index is 1.97. The third-order valence-electron chi connectivity index (χ3n) is 3.94. The normalized spacial score (nSPS) is 35.3. The molecule has 4 nitrogen and oxygen atoms in total. The summed E-state index contributed by atoms with van der Waals surface area (Å²) >= 11 is 0. The van der Waals surface area contributed by atoms with Crippen LogP contribution in [-0.4, -0.2) is 43.3 Å². The number of sulfonamides is 1. The van der Waals surface area contributed by atoms with Crippen LogP contribution in [0.2, 0.25) is 0 Å². The van der Waals surface area contributed by atoms with Crippen molar-refractivity contribution in [3.63, 3.8) is 0 Å². The van der Waals surface area contributed by atoms with Gasteiger partial charge in [0.25, 0.3) is 0 Å². The van der Waals surface area contributed by atoms with Crippen LogP contribution in [0.1, 0.15) is 32.1 Å². The molecule has 2 aliphatic rings. The number of nitrogens with zero attached hydrogens (tertiary/aromatic N) is 1. The molecular weight excluding hydrogens is 226 g/mol. The average Bonchev–Trinajstić information content (AvgIpc) is 2.59. The molecule has 0 aromatic rings. The molecule has 0 amide bonds. The summed E-state index contributed by atoms with van der Waals surface area (Å²) in [5.41, 5.74) is 0. The van der Waals surface area contributed by atoms with Crippen LogP contribution < -0.4 is 0 Å². The zero-order valence-electron chi connectivity index (χ0n) is 9.64. The molecular formula is C11H21NO3S. The van der Waals surface area contributed by atoms with E-state index in [0.717, 1.165) is 19.3 Å². The minimum Gasteiger partial charge on any atom is -0.396 e. The summed E-state index contributed by atoms with van der Waals surface area (Å²) in [5.74, 6) is 0.986. The highest BCUT2D eigenvalue weighted by atomic mass is 32.2. The summed E-state index contributed by atoms with van der Waals surface area (Å²) in [5, 5.41) is 9.30. The second kappa shape index (κ2) is 5.02. The second-order valence-electron chi connectivity index (χ2n) is 5.01. The SMILES string of the molecule is O=S1(=O)CCCN1CC1CCCCC1CO. The molecule has 16 heavy (non-hydrogen) atoms. The van der Waals surface area contributed by atoms with Crippen molar-refractivity contribution in [3.05, 3.63) is 0 Å². The lowest BCUT2D eigenvalue weighted by Crippen LogP contribution is -2.36. The van der Waals surface area contributed by atoms with Gasteiger partial charge in [0.2, 0.25) is 10.0 Å². The zero-order valence-corrected chi connectivity index (χ0v) is 10.5. The molecule has 0 aromatic heterocycles. The molecule has 5 heteroatoms. The Hall–Kier alpha value is -0.130. The quantitative estimate of drug-likeness (QED) is 0.803. The van der Waals surface area contributed by atoms with E-state index in [1.807, 2.05) is 0 Å². The van der Waals surface area contributed by atoms with Gasteiger partial charge in [0, 0.05) is 19.7 Å². The fourth-order valence-electron chi connectivity index (χ4n) is 2.92. The highest BCUT2D eigenvalue weighted by Crippen LogP contribution is 2.31. The molecule has 1 aliphatic heterocycles. The maximum atomic E-state index is 11.7. The van der Waals surface area contributed by atoms with E-state index in [9.17, 15) is 13.5 Å². The fraction of sp³-hybridized carbons (Fsp3) is 1.00. The van der Waals surface area contributed by atoms with Gasteiger partial charge < -0.3 is 5.11 Å². The molecule has 0 aromatic carbocycles. The lowest BCUT2D eigenvalue weighted by molar-refractivity contribution is 0.121. The first-order chi connectivity index (χ1) is 7.63. The number of aliphatic hydroxyl groups is 1. The van der Waals surface area contributed by atoms with E-state index in [2.05, 4.69) is 0 Å². The first-order valence-electron chi connectivity index (χ1n) is 6.22. The van der Waals surface area contributed by atoms with Gasteiger partial charge in [-0.25, -0.2) is 12.7 Å². The van der Waals surface area contributed by atoms with E-state index in [-0.39, 0.29) is 6.61 Å². The van der Waals surface area contributed by atoms with Crippen LogP contribution >= 0.6 is 0 Å². The molecule has 1 saturated carbocycles. The molecule has 2 unspecified atom stereocenters. The highest BCUT2D eigenvalue weighted by Gasteiger charge is 2.33. The lowest BCUT2D eigenvalue weighted by Gasteiger charge is -2.32. The Morgan fingerprint density at radius 2 is 1.81 bits per heavy atom. The van der Waals surface area contributed by atoms with Gasteiger partial charge in [-0.2, -0.15) is 0 Å². The van der Waals surface area contributed by atoms with E-state index in [1.165, 1.54) is 12.8 Å². The predicted molar refractivity (Wildman–Crippen MR) is 62.5 cm³/mol. The molecule has 1 N–H and O–H groups in total. The third-order valence-corrected chi connectivity index (χ3v) is 5.87. The molecule has 94 valence electrons. The van der Waals surface area contributed by atoms with Gasteiger partial charge >= 0.3 is 0 Å². The van der Waals surface area contributed by atoms with Crippen LogP contribution in [0, 0.1) is 11.8 Å². The Bertz CT molecular complexity index is 328. The van der Waals surface area contributed by atoms with Crippen molar-refractivity contribution in [2.24, 2.45) is 11.8 Å². The van der Waals surface area contributed by atoms with E-state index in [1.54, 1.807) is 4.31 Å². The van der Waals surface area contributed by atoms with Gasteiger partial charge in [-0.3, -0.25) is 0 Å². The van der Waals surface area contributed by atoms with Crippen molar-refractivity contribution in [2.45, 2.75) is 32.1 Å². The van der Waals surface area contributed by atoms with Crippen LogP contribution in [0.25, 0.3) is 0 Å². The highest BCUT2D eigenvalue weighted by molar-refractivity contribution is 7.89. The Labute approximate surface area is 97.7 Å². The van der Waals surface area contributed by atoms with Crippen molar-refractivity contribution in [2.75, 3.05) is 25.4 Å². The number of aliphatic hydroxyl groups excluding tert-OH is 1. The Morgan fingerprint density at radius 1 is 1.12 bits per heavy atom. The first kappa shape index (κ1) is 12.3. The van der Waals surface area contributed by atoms with Crippen molar-refractivity contribution >= 4 is 10.0 Å². The maximum absolute atomic E-state index is 11.7. The third kappa shape index (κ3) is 2.57. The minimum atomic E-state index is -2.97. The van der Waals surface area contributed by atoms with Crippen molar-refractivity contribution < 1.29 is 13.5 Å². The van der Waals surface area contributed by atoms with E-state index < -0.39 is 10.0 Å². The largest absolute Gasteiger partial charge is 0.396 e. The lowest BCUT2D eigenvalue weighted by atomic mass is 9.79. The Kier molecular flexibility index (Phi) is 3.87. The molecule has 2 fully saturated rings. The van der Waals surface area contributed by atoms with E-state index in [4.69, 9.17) is 0 Å². The molecule has 0 radical (unpaired) electrons.